The molecule has 30 heavy (non-hydrogen) atoms. The Hall–Kier alpha value is -3.73. The van der Waals surface area contributed by atoms with Crippen molar-refractivity contribution in [3.8, 4) is 11.5 Å². The minimum Gasteiger partial charge on any atom is -0.498 e. The van der Waals surface area contributed by atoms with E-state index in [1.807, 2.05) is 48.5 Å². The Kier molecular flexibility index (Phi) is 10.1. The highest BCUT2D eigenvalue weighted by Crippen LogP contribution is 2.14. The first-order valence-electron chi connectivity index (χ1n) is 9.52. The molecule has 0 aliphatic heterocycles. The van der Waals surface area contributed by atoms with Crippen molar-refractivity contribution in [2.75, 3.05) is 26.4 Å². The van der Waals surface area contributed by atoms with Gasteiger partial charge in [0.25, 0.3) is 0 Å². The number of hydrogen-bond donors (Lipinski definition) is 0. The molecule has 0 unspecified atom stereocenters. The topological polar surface area (TPSA) is 54.0 Å². The normalized spacial score (nSPS) is 10.7. The molecule has 0 heterocycles. The molecule has 0 radical (unpaired) electrons. The van der Waals surface area contributed by atoms with Crippen molar-refractivity contribution >= 4 is 17.9 Å². The Balaban J connectivity index is 1.78. The van der Waals surface area contributed by atoms with Crippen LogP contribution in [0.15, 0.2) is 86.4 Å². The Morgan fingerprint density at radius 1 is 0.667 bits per heavy atom. The summed E-state index contributed by atoms with van der Waals surface area (Å²) >= 11 is 0. The van der Waals surface area contributed by atoms with Gasteiger partial charge in [0, 0.05) is 0 Å². The maximum absolute atomic E-state index is 12.1. The largest absolute Gasteiger partial charge is 0.498 e. The molecule has 0 amide bonds. The molecule has 0 saturated carbocycles. The van der Waals surface area contributed by atoms with Crippen LogP contribution in [-0.2, 0) is 14.3 Å². The van der Waals surface area contributed by atoms with Gasteiger partial charge < -0.3 is 18.9 Å². The van der Waals surface area contributed by atoms with E-state index in [4.69, 9.17) is 18.9 Å². The molecule has 0 aliphatic rings. The summed E-state index contributed by atoms with van der Waals surface area (Å²) < 4.78 is 21.0. The summed E-state index contributed by atoms with van der Waals surface area (Å²) in [5.74, 6) is 1.39. The lowest BCUT2D eigenvalue weighted by Crippen LogP contribution is -2.03. The quantitative estimate of drug-likeness (QED) is 0.249. The average Bonchev–Trinajstić information content (AvgIpc) is 2.78. The van der Waals surface area contributed by atoms with Gasteiger partial charge in [-0.15, -0.1) is 0 Å². The minimum atomic E-state index is -0.0983. The molecule has 0 aromatic heterocycles. The molecule has 0 N–H and O–H groups in total. The highest BCUT2D eigenvalue weighted by molar-refractivity contribution is 6.04. The van der Waals surface area contributed by atoms with E-state index in [0.717, 1.165) is 22.6 Å². The van der Waals surface area contributed by atoms with E-state index in [2.05, 4.69) is 13.2 Å². The van der Waals surface area contributed by atoms with Crippen molar-refractivity contribution < 1.29 is 23.7 Å². The number of carbonyl (C=O) groups is 1. The van der Waals surface area contributed by atoms with Crippen LogP contribution in [0, 0.1) is 0 Å². The number of allylic oxidation sites excluding steroid dienone is 2. The number of ether oxygens (including phenoxy) is 4. The Morgan fingerprint density at radius 2 is 1.07 bits per heavy atom. The average molecular weight is 406 g/mol. The molecule has 0 fully saturated rings. The highest BCUT2D eigenvalue weighted by atomic mass is 16.5. The molecule has 5 nitrogen and oxygen atoms in total. The lowest BCUT2D eigenvalue weighted by atomic mass is 10.1. The van der Waals surface area contributed by atoms with Crippen LogP contribution >= 0.6 is 0 Å². The highest BCUT2D eigenvalue weighted by Gasteiger charge is 1.96. The molecular weight excluding hydrogens is 380 g/mol. The Labute approximate surface area is 177 Å². The van der Waals surface area contributed by atoms with Crippen LogP contribution in [0.4, 0.5) is 0 Å². The predicted octanol–water partition coefficient (Wildman–Crippen LogP) is 5.06. The standard InChI is InChI=1S/C25H26O5/c1-3-27-17-19-29-24-13-7-21(8-14-24)5-11-23(26)12-6-22-9-15-25(16-10-22)30-20-18-28-4-2/h3-16H,1-2,17-20H2/b11-5+,12-6+. The zero-order valence-corrected chi connectivity index (χ0v) is 16.9. The third-order valence-corrected chi connectivity index (χ3v) is 3.82. The third-order valence-electron chi connectivity index (χ3n) is 3.82. The fraction of sp³-hybridized carbons (Fsp3) is 0.160. The zero-order chi connectivity index (χ0) is 21.4. The second-order valence-corrected chi connectivity index (χ2v) is 5.98. The van der Waals surface area contributed by atoms with E-state index in [0.29, 0.717) is 26.4 Å². The van der Waals surface area contributed by atoms with Gasteiger partial charge in [-0.1, -0.05) is 49.6 Å². The van der Waals surface area contributed by atoms with Gasteiger partial charge >= 0.3 is 0 Å². The summed E-state index contributed by atoms with van der Waals surface area (Å²) in [5.41, 5.74) is 1.82. The van der Waals surface area contributed by atoms with Crippen LogP contribution in [0.1, 0.15) is 11.1 Å². The SMILES string of the molecule is C=COCCOc1ccc(/C=C/C(=O)/C=C/c2ccc(OCCOC=C)cc2)cc1. The molecule has 0 atom stereocenters. The van der Waals surface area contributed by atoms with E-state index in [1.54, 1.807) is 12.2 Å². The van der Waals surface area contributed by atoms with Crippen molar-refractivity contribution in [2.45, 2.75) is 0 Å². The summed E-state index contributed by atoms with van der Waals surface area (Å²) in [6.45, 7) is 8.74. The Morgan fingerprint density at radius 3 is 1.43 bits per heavy atom. The van der Waals surface area contributed by atoms with Crippen LogP contribution in [0.25, 0.3) is 12.2 Å². The van der Waals surface area contributed by atoms with E-state index in [1.165, 1.54) is 24.7 Å². The van der Waals surface area contributed by atoms with Gasteiger partial charge in [-0.05, 0) is 47.5 Å². The van der Waals surface area contributed by atoms with E-state index >= 15 is 0 Å². The van der Waals surface area contributed by atoms with Crippen LogP contribution in [0.3, 0.4) is 0 Å². The monoisotopic (exact) mass is 406 g/mol. The van der Waals surface area contributed by atoms with Crippen LogP contribution in [-0.4, -0.2) is 32.2 Å². The van der Waals surface area contributed by atoms with Gasteiger partial charge in [0.05, 0.1) is 12.5 Å². The molecule has 2 aromatic carbocycles. The predicted molar refractivity (Wildman–Crippen MR) is 119 cm³/mol. The molecule has 5 heteroatoms. The zero-order valence-electron chi connectivity index (χ0n) is 16.9. The van der Waals surface area contributed by atoms with Crippen molar-refractivity contribution in [3.05, 3.63) is 97.5 Å². The number of rotatable bonds is 14. The second-order valence-electron chi connectivity index (χ2n) is 5.98. The smallest absolute Gasteiger partial charge is 0.178 e. The number of carbonyl (C=O) groups excluding carboxylic acids is 1. The number of hydrogen-bond acceptors (Lipinski definition) is 5. The number of ketones is 1. The van der Waals surface area contributed by atoms with Crippen LogP contribution in [0.5, 0.6) is 11.5 Å². The Bertz CT molecular complexity index is 777. The first kappa shape index (κ1) is 22.6. The van der Waals surface area contributed by atoms with Gasteiger partial charge in [0.2, 0.25) is 0 Å². The maximum atomic E-state index is 12.1. The maximum Gasteiger partial charge on any atom is 0.178 e. The second kappa shape index (κ2) is 13.4. The molecular formula is C25H26O5. The molecule has 156 valence electrons. The van der Waals surface area contributed by atoms with Crippen molar-refractivity contribution in [1.82, 2.24) is 0 Å². The van der Waals surface area contributed by atoms with Crippen molar-refractivity contribution in [2.24, 2.45) is 0 Å². The van der Waals surface area contributed by atoms with Gasteiger partial charge in [-0.2, -0.15) is 0 Å². The molecule has 0 bridgehead atoms. The number of benzene rings is 2. The van der Waals surface area contributed by atoms with Crippen LogP contribution in [0.2, 0.25) is 0 Å². The summed E-state index contributed by atoms with van der Waals surface area (Å²) in [6, 6.07) is 14.9. The lowest BCUT2D eigenvalue weighted by Gasteiger charge is -2.05. The van der Waals surface area contributed by atoms with E-state index in [-0.39, 0.29) is 5.78 Å². The van der Waals surface area contributed by atoms with E-state index < -0.39 is 0 Å². The van der Waals surface area contributed by atoms with Crippen molar-refractivity contribution in [1.29, 1.82) is 0 Å². The molecule has 0 saturated heterocycles. The van der Waals surface area contributed by atoms with Gasteiger partial charge in [0.1, 0.15) is 37.9 Å². The molecule has 0 aliphatic carbocycles. The lowest BCUT2D eigenvalue weighted by molar-refractivity contribution is -0.110. The minimum absolute atomic E-state index is 0.0983. The van der Waals surface area contributed by atoms with Gasteiger partial charge in [0.15, 0.2) is 5.78 Å². The third kappa shape index (κ3) is 8.97. The van der Waals surface area contributed by atoms with Crippen LogP contribution < -0.4 is 9.47 Å². The fourth-order valence-electron chi connectivity index (χ4n) is 2.34. The summed E-state index contributed by atoms with van der Waals surface area (Å²) in [4.78, 5) is 12.1. The molecule has 2 aromatic rings. The summed E-state index contributed by atoms with van der Waals surface area (Å²) in [7, 11) is 0. The first-order chi connectivity index (χ1) is 14.7. The summed E-state index contributed by atoms with van der Waals surface area (Å²) in [5, 5.41) is 0. The molecule has 0 spiro atoms. The van der Waals surface area contributed by atoms with Gasteiger partial charge in [-0.3, -0.25) is 4.79 Å². The first-order valence-corrected chi connectivity index (χ1v) is 9.52. The fourth-order valence-corrected chi connectivity index (χ4v) is 2.34. The molecule has 2 rings (SSSR count). The van der Waals surface area contributed by atoms with Gasteiger partial charge in [-0.25, -0.2) is 0 Å². The van der Waals surface area contributed by atoms with Crippen molar-refractivity contribution in [3.63, 3.8) is 0 Å². The van der Waals surface area contributed by atoms with E-state index in [9.17, 15) is 4.79 Å². The summed E-state index contributed by atoms with van der Waals surface area (Å²) in [6.07, 6.45) is 9.35.